The molecule has 0 radical (unpaired) electrons. The maximum Gasteiger partial charge on any atom is 0.230 e. The summed E-state index contributed by atoms with van der Waals surface area (Å²) in [5.41, 5.74) is 0. The lowest BCUT2D eigenvalue weighted by atomic mass is 9.95. The molecule has 0 aromatic heterocycles. The summed E-state index contributed by atoms with van der Waals surface area (Å²) < 4.78 is 25.7. The molecule has 0 aromatic carbocycles. The Hall–Kier alpha value is -0.600. The smallest absolute Gasteiger partial charge is 0.211 e. The number of hydrogen-bond donors (Lipinski definition) is 0. The fraction of sp³-hybridized carbons (Fsp3) is 0.909. The third-order valence-electron chi connectivity index (χ3n) is 3.25. The molecule has 0 aromatic rings. The van der Waals surface area contributed by atoms with Gasteiger partial charge in [-0.1, -0.05) is 26.2 Å². The Morgan fingerprint density at radius 1 is 1.38 bits per heavy atom. The molecule has 1 rings (SSSR count). The minimum atomic E-state index is -3.43. The monoisotopic (exact) mass is 244 g/mol. The van der Waals surface area contributed by atoms with Gasteiger partial charge in [0.05, 0.1) is 6.07 Å². The topological polar surface area (TPSA) is 61.2 Å². The second-order valence-corrected chi connectivity index (χ2v) is 6.52. The minimum absolute atomic E-state index is 0.111. The maximum atomic E-state index is 12.1. The van der Waals surface area contributed by atoms with Gasteiger partial charge >= 0.3 is 0 Å². The van der Waals surface area contributed by atoms with Crippen molar-refractivity contribution in [3.05, 3.63) is 0 Å². The predicted octanol–water partition coefficient (Wildman–Crippen LogP) is 1.88. The highest BCUT2D eigenvalue weighted by atomic mass is 32.2. The lowest BCUT2D eigenvalue weighted by Gasteiger charge is -2.33. The largest absolute Gasteiger partial charge is 0.230 e. The zero-order valence-electron chi connectivity index (χ0n) is 10.0. The molecular weight excluding hydrogens is 224 g/mol. The van der Waals surface area contributed by atoms with Crippen LogP contribution >= 0.6 is 0 Å². The summed E-state index contributed by atoms with van der Waals surface area (Å²) >= 11 is 0. The van der Waals surface area contributed by atoms with Crippen molar-refractivity contribution < 1.29 is 8.42 Å². The van der Waals surface area contributed by atoms with Gasteiger partial charge in [-0.15, -0.1) is 0 Å². The van der Waals surface area contributed by atoms with Crippen LogP contribution in [0.15, 0.2) is 0 Å². The normalized spacial score (nSPS) is 20.6. The van der Waals surface area contributed by atoms with Crippen molar-refractivity contribution in [3.63, 3.8) is 0 Å². The fourth-order valence-electron chi connectivity index (χ4n) is 2.28. The molecule has 1 aliphatic rings. The van der Waals surface area contributed by atoms with E-state index in [0.717, 1.165) is 25.7 Å². The van der Waals surface area contributed by atoms with Crippen LogP contribution in [0.2, 0.25) is 0 Å². The highest BCUT2D eigenvalue weighted by Gasteiger charge is 2.33. The average Bonchev–Trinajstić information content (AvgIpc) is 2.30. The first-order chi connectivity index (χ1) is 7.54. The number of sulfonamides is 1. The van der Waals surface area contributed by atoms with Gasteiger partial charge in [-0.05, 0) is 19.8 Å². The molecule has 0 aliphatic heterocycles. The molecule has 92 valence electrons. The Kier molecular flexibility index (Phi) is 4.75. The van der Waals surface area contributed by atoms with Crippen LogP contribution in [0.3, 0.4) is 0 Å². The Morgan fingerprint density at radius 2 is 1.94 bits per heavy atom. The maximum absolute atomic E-state index is 12.1. The lowest BCUT2D eigenvalue weighted by molar-refractivity contribution is 0.260. The predicted molar refractivity (Wildman–Crippen MR) is 63.2 cm³/mol. The van der Waals surface area contributed by atoms with Crippen LogP contribution in [0.4, 0.5) is 0 Å². The fourth-order valence-corrected chi connectivity index (χ4v) is 3.81. The summed E-state index contributed by atoms with van der Waals surface area (Å²) in [6, 6.07) is 1.94. The van der Waals surface area contributed by atoms with E-state index < -0.39 is 15.3 Å². The molecule has 0 bridgehead atoms. The highest BCUT2D eigenvalue weighted by Crippen LogP contribution is 2.25. The highest BCUT2D eigenvalue weighted by molar-refractivity contribution is 7.90. The van der Waals surface area contributed by atoms with Gasteiger partial charge in [0.15, 0.2) is 5.25 Å². The van der Waals surface area contributed by atoms with Gasteiger partial charge < -0.3 is 0 Å². The Balaban J connectivity index is 2.85. The van der Waals surface area contributed by atoms with E-state index in [-0.39, 0.29) is 6.04 Å². The molecule has 0 heterocycles. The molecule has 0 amide bonds. The molecule has 1 atom stereocenters. The van der Waals surface area contributed by atoms with Crippen molar-refractivity contribution in [2.45, 2.75) is 57.2 Å². The Labute approximate surface area is 98.3 Å². The van der Waals surface area contributed by atoms with Crippen LogP contribution in [0.25, 0.3) is 0 Å². The lowest BCUT2D eigenvalue weighted by Crippen LogP contribution is -2.44. The van der Waals surface area contributed by atoms with Gasteiger partial charge in [0.2, 0.25) is 10.0 Å². The molecular formula is C11H20N2O2S. The molecule has 16 heavy (non-hydrogen) atoms. The summed E-state index contributed by atoms with van der Waals surface area (Å²) in [4.78, 5) is 0. The van der Waals surface area contributed by atoms with E-state index in [2.05, 4.69) is 0 Å². The van der Waals surface area contributed by atoms with Crippen LogP contribution < -0.4 is 0 Å². The second kappa shape index (κ2) is 5.65. The standard InChI is InChI=1S/C11H20N2O2S/c1-3-13(11-7-5-4-6-8-11)16(14,15)10(2)9-12/h10-11H,3-8H2,1-2H3. The van der Waals surface area contributed by atoms with Gasteiger partial charge in [-0.2, -0.15) is 9.57 Å². The average molecular weight is 244 g/mol. The van der Waals surface area contributed by atoms with E-state index in [9.17, 15) is 8.42 Å². The number of rotatable bonds is 4. The number of nitriles is 1. The Bertz CT molecular complexity index is 353. The van der Waals surface area contributed by atoms with E-state index >= 15 is 0 Å². The third kappa shape index (κ3) is 2.74. The molecule has 0 spiro atoms. The van der Waals surface area contributed by atoms with Crippen molar-refractivity contribution in [2.24, 2.45) is 0 Å². The molecule has 1 unspecified atom stereocenters. The number of hydrogen-bond acceptors (Lipinski definition) is 3. The summed E-state index contributed by atoms with van der Waals surface area (Å²) in [6.45, 7) is 3.77. The molecule has 0 N–H and O–H groups in total. The second-order valence-electron chi connectivity index (χ2n) is 4.31. The summed E-state index contributed by atoms with van der Waals surface area (Å²) in [5, 5.41) is 7.82. The van der Waals surface area contributed by atoms with E-state index in [1.54, 1.807) is 0 Å². The van der Waals surface area contributed by atoms with Gasteiger partial charge in [-0.25, -0.2) is 8.42 Å². The van der Waals surface area contributed by atoms with Gasteiger partial charge in [-0.3, -0.25) is 0 Å². The van der Waals surface area contributed by atoms with Crippen LogP contribution in [-0.2, 0) is 10.0 Å². The zero-order chi connectivity index (χ0) is 12.2. The van der Waals surface area contributed by atoms with Crippen molar-refractivity contribution in [2.75, 3.05) is 6.54 Å². The van der Waals surface area contributed by atoms with E-state index in [1.807, 2.05) is 13.0 Å². The van der Waals surface area contributed by atoms with E-state index in [4.69, 9.17) is 5.26 Å². The summed E-state index contributed by atoms with van der Waals surface area (Å²) in [6.07, 6.45) is 5.26. The quantitative estimate of drug-likeness (QED) is 0.758. The molecule has 1 aliphatic carbocycles. The van der Waals surface area contributed by atoms with Gasteiger partial charge in [0.1, 0.15) is 0 Å². The van der Waals surface area contributed by atoms with Crippen molar-refractivity contribution >= 4 is 10.0 Å². The molecule has 5 heteroatoms. The summed E-state index contributed by atoms with van der Waals surface area (Å²) in [5.74, 6) is 0. The molecule has 1 fully saturated rings. The zero-order valence-corrected chi connectivity index (χ0v) is 10.8. The first kappa shape index (κ1) is 13.5. The molecule has 0 saturated heterocycles. The van der Waals surface area contributed by atoms with Crippen LogP contribution in [0.5, 0.6) is 0 Å². The van der Waals surface area contributed by atoms with Crippen molar-refractivity contribution in [1.29, 1.82) is 5.26 Å². The third-order valence-corrected chi connectivity index (χ3v) is 5.46. The van der Waals surface area contributed by atoms with Crippen LogP contribution in [-0.4, -0.2) is 30.6 Å². The van der Waals surface area contributed by atoms with E-state index in [0.29, 0.717) is 6.54 Å². The molecule has 1 saturated carbocycles. The van der Waals surface area contributed by atoms with Crippen LogP contribution in [0.1, 0.15) is 46.0 Å². The summed E-state index contributed by atoms with van der Waals surface area (Å²) in [7, 11) is -3.43. The van der Waals surface area contributed by atoms with Crippen molar-refractivity contribution in [1.82, 2.24) is 4.31 Å². The minimum Gasteiger partial charge on any atom is -0.211 e. The van der Waals surface area contributed by atoms with E-state index in [1.165, 1.54) is 17.6 Å². The van der Waals surface area contributed by atoms with Gasteiger partial charge in [0.25, 0.3) is 0 Å². The first-order valence-corrected chi connectivity index (χ1v) is 7.44. The first-order valence-electron chi connectivity index (χ1n) is 5.94. The SMILES string of the molecule is CCN(C1CCCCC1)S(=O)(=O)C(C)C#N. The van der Waals surface area contributed by atoms with Crippen molar-refractivity contribution in [3.8, 4) is 6.07 Å². The molecule has 4 nitrogen and oxygen atoms in total. The van der Waals surface area contributed by atoms with Gasteiger partial charge in [0, 0.05) is 12.6 Å². The number of nitrogens with zero attached hydrogens (tertiary/aromatic N) is 2. The van der Waals surface area contributed by atoms with Crippen LogP contribution in [0, 0.1) is 11.3 Å². The Morgan fingerprint density at radius 3 is 2.38 bits per heavy atom.